The lowest BCUT2D eigenvalue weighted by Gasteiger charge is -2.50. The molecule has 0 bridgehead atoms. The van der Waals surface area contributed by atoms with Gasteiger partial charge in [-0.15, -0.1) is 0 Å². The van der Waals surface area contributed by atoms with Crippen molar-refractivity contribution in [3.63, 3.8) is 0 Å². The number of Topliss-reactive ketones (excluding diaryl/α,β-unsaturated/α-hetero) is 1. The summed E-state index contributed by atoms with van der Waals surface area (Å²) in [5.74, 6) is -0.453. The Morgan fingerprint density at radius 2 is 1.95 bits per heavy atom. The molecule has 0 aromatic carbocycles. The van der Waals surface area contributed by atoms with Gasteiger partial charge in [0, 0.05) is 27.9 Å². The lowest BCUT2D eigenvalue weighted by atomic mass is 9.93. The minimum atomic E-state index is -2.83. The van der Waals surface area contributed by atoms with E-state index < -0.39 is 19.9 Å². The van der Waals surface area contributed by atoms with Crippen LogP contribution in [-0.2, 0) is 23.1 Å². The lowest BCUT2D eigenvalue weighted by molar-refractivity contribution is -0.224. The second kappa shape index (κ2) is 7.65. The summed E-state index contributed by atoms with van der Waals surface area (Å²) in [5, 5.41) is 0. The summed E-state index contributed by atoms with van der Waals surface area (Å²) in [6.45, 7) is 8.02. The standard InChI is InChI=1S/C15H28O5Si/c1-7-10-20-15(17-4)13(14(16)12(2)3)9-8-11-21(15,18-5)19-6/h13H,2,7-11H2,1,3-6H3. The summed E-state index contributed by atoms with van der Waals surface area (Å²) < 4.78 is 23.4. The van der Waals surface area contributed by atoms with E-state index in [9.17, 15) is 4.79 Å². The van der Waals surface area contributed by atoms with E-state index in [1.165, 1.54) is 0 Å². The van der Waals surface area contributed by atoms with E-state index in [0.717, 1.165) is 18.9 Å². The summed E-state index contributed by atoms with van der Waals surface area (Å²) >= 11 is 0. The monoisotopic (exact) mass is 316 g/mol. The fourth-order valence-corrected chi connectivity index (χ4v) is 6.76. The molecule has 2 atom stereocenters. The maximum atomic E-state index is 12.6. The minimum absolute atomic E-state index is 0.0290. The predicted octanol–water partition coefficient (Wildman–Crippen LogP) is 2.59. The number of ether oxygens (including phenoxy) is 2. The zero-order valence-corrected chi connectivity index (χ0v) is 14.9. The fourth-order valence-electron chi connectivity index (χ4n) is 3.16. The molecule has 5 nitrogen and oxygen atoms in total. The van der Waals surface area contributed by atoms with Crippen molar-refractivity contribution in [3.05, 3.63) is 12.2 Å². The van der Waals surface area contributed by atoms with Gasteiger partial charge in [-0.3, -0.25) is 4.79 Å². The molecule has 1 aliphatic rings. The van der Waals surface area contributed by atoms with Crippen LogP contribution >= 0.6 is 0 Å². The molecule has 0 saturated carbocycles. The normalized spacial score (nSPS) is 28.3. The summed E-state index contributed by atoms with van der Waals surface area (Å²) in [7, 11) is 1.98. The van der Waals surface area contributed by atoms with Gasteiger partial charge in [-0.2, -0.15) is 0 Å². The SMILES string of the molecule is C=C(C)C(=O)C1CCC[Si](OC)(OC)C1(OC)OCCC. The van der Waals surface area contributed by atoms with Crippen LogP contribution < -0.4 is 0 Å². The molecular weight excluding hydrogens is 288 g/mol. The van der Waals surface area contributed by atoms with E-state index in [1.54, 1.807) is 28.3 Å². The molecule has 21 heavy (non-hydrogen) atoms. The van der Waals surface area contributed by atoms with E-state index in [1.807, 2.05) is 6.92 Å². The van der Waals surface area contributed by atoms with Crippen LogP contribution in [0.25, 0.3) is 0 Å². The molecular formula is C15H28O5Si. The van der Waals surface area contributed by atoms with Gasteiger partial charge in [-0.05, 0) is 31.4 Å². The van der Waals surface area contributed by atoms with Gasteiger partial charge in [0.05, 0.1) is 5.92 Å². The van der Waals surface area contributed by atoms with E-state index in [2.05, 4.69) is 6.58 Å². The van der Waals surface area contributed by atoms with Crippen molar-refractivity contribution in [1.82, 2.24) is 0 Å². The van der Waals surface area contributed by atoms with Crippen LogP contribution in [-0.4, -0.2) is 47.7 Å². The highest BCUT2D eigenvalue weighted by molar-refractivity contribution is 6.70. The van der Waals surface area contributed by atoms with Crippen LogP contribution in [0.2, 0.25) is 6.04 Å². The first-order chi connectivity index (χ1) is 9.94. The van der Waals surface area contributed by atoms with Crippen LogP contribution in [0.3, 0.4) is 0 Å². The highest BCUT2D eigenvalue weighted by Gasteiger charge is 2.66. The highest BCUT2D eigenvalue weighted by Crippen LogP contribution is 2.45. The first-order valence-electron chi connectivity index (χ1n) is 7.43. The summed E-state index contributed by atoms with van der Waals surface area (Å²) in [6, 6.07) is 0.748. The van der Waals surface area contributed by atoms with Crippen LogP contribution in [0.5, 0.6) is 0 Å². The van der Waals surface area contributed by atoms with E-state index in [-0.39, 0.29) is 5.78 Å². The van der Waals surface area contributed by atoms with Gasteiger partial charge in [0.15, 0.2) is 5.78 Å². The number of allylic oxidation sites excluding steroid dienone is 1. The quantitative estimate of drug-likeness (QED) is 0.391. The third kappa shape index (κ3) is 3.14. The van der Waals surface area contributed by atoms with Gasteiger partial charge in [0.25, 0.3) is 0 Å². The Hall–Kier alpha value is -0.533. The summed E-state index contributed by atoms with van der Waals surface area (Å²) in [6.07, 6.45) is 2.39. The molecule has 0 spiro atoms. The Morgan fingerprint density at radius 1 is 1.33 bits per heavy atom. The number of carbonyl (C=O) groups is 1. The third-order valence-corrected chi connectivity index (χ3v) is 8.30. The van der Waals surface area contributed by atoms with Crippen LogP contribution in [0.15, 0.2) is 12.2 Å². The maximum absolute atomic E-state index is 12.6. The first kappa shape index (κ1) is 18.5. The second-order valence-electron chi connectivity index (χ2n) is 5.47. The Kier molecular flexibility index (Phi) is 6.74. The lowest BCUT2D eigenvalue weighted by Crippen LogP contribution is -2.71. The molecule has 0 radical (unpaired) electrons. The van der Waals surface area contributed by atoms with Gasteiger partial charge in [-0.25, -0.2) is 0 Å². The fraction of sp³-hybridized carbons (Fsp3) is 0.800. The molecule has 0 amide bonds. The number of methoxy groups -OCH3 is 1. The average molecular weight is 316 g/mol. The molecule has 1 rings (SSSR count). The van der Waals surface area contributed by atoms with Gasteiger partial charge in [0.2, 0.25) is 5.41 Å². The molecule has 122 valence electrons. The smallest absolute Gasteiger partial charge is 0.395 e. The van der Waals surface area contributed by atoms with E-state index >= 15 is 0 Å². The Balaban J connectivity index is 3.33. The second-order valence-corrected chi connectivity index (χ2v) is 8.99. The molecule has 0 aliphatic carbocycles. The van der Waals surface area contributed by atoms with Crippen LogP contribution in [0.4, 0.5) is 0 Å². The molecule has 0 aromatic heterocycles. The molecule has 1 aliphatic heterocycles. The molecule has 1 heterocycles. The number of rotatable bonds is 8. The first-order valence-corrected chi connectivity index (χ1v) is 9.46. The van der Waals surface area contributed by atoms with Gasteiger partial charge < -0.3 is 18.3 Å². The van der Waals surface area contributed by atoms with Gasteiger partial charge in [0.1, 0.15) is 0 Å². The zero-order valence-electron chi connectivity index (χ0n) is 13.9. The topological polar surface area (TPSA) is 54.0 Å². The highest BCUT2D eigenvalue weighted by atomic mass is 28.4. The number of hydrogen-bond donors (Lipinski definition) is 0. The number of hydrogen-bond acceptors (Lipinski definition) is 5. The number of carbonyl (C=O) groups excluding carboxylic acids is 1. The van der Waals surface area contributed by atoms with Gasteiger partial charge >= 0.3 is 8.56 Å². The Labute approximate surface area is 128 Å². The van der Waals surface area contributed by atoms with Crippen molar-refractivity contribution >= 4 is 14.3 Å². The molecule has 0 N–H and O–H groups in total. The summed E-state index contributed by atoms with van der Waals surface area (Å²) in [5.41, 5.74) is -0.598. The van der Waals surface area contributed by atoms with Crippen molar-refractivity contribution in [2.45, 2.75) is 44.6 Å². The Bertz CT molecular complexity index is 380. The van der Waals surface area contributed by atoms with Crippen molar-refractivity contribution in [1.29, 1.82) is 0 Å². The van der Waals surface area contributed by atoms with Crippen molar-refractivity contribution in [2.24, 2.45) is 5.92 Å². The predicted molar refractivity (Wildman–Crippen MR) is 83.1 cm³/mol. The largest absolute Gasteiger partial charge is 0.400 e. The zero-order chi connectivity index (χ0) is 16.1. The third-order valence-electron chi connectivity index (χ3n) is 4.21. The van der Waals surface area contributed by atoms with E-state index in [0.29, 0.717) is 18.6 Å². The van der Waals surface area contributed by atoms with E-state index in [4.69, 9.17) is 18.3 Å². The van der Waals surface area contributed by atoms with Crippen molar-refractivity contribution in [3.8, 4) is 0 Å². The average Bonchev–Trinajstić information content (AvgIpc) is 2.51. The molecule has 1 saturated heterocycles. The molecule has 2 unspecified atom stereocenters. The van der Waals surface area contributed by atoms with Gasteiger partial charge in [-0.1, -0.05) is 19.9 Å². The number of ketones is 1. The summed E-state index contributed by atoms with van der Waals surface area (Å²) in [4.78, 5) is 12.6. The molecule has 6 heteroatoms. The van der Waals surface area contributed by atoms with Crippen molar-refractivity contribution in [2.75, 3.05) is 27.9 Å². The molecule has 0 aromatic rings. The minimum Gasteiger partial charge on any atom is -0.395 e. The molecule has 1 fully saturated rings. The van der Waals surface area contributed by atoms with Crippen LogP contribution in [0.1, 0.15) is 33.1 Å². The van der Waals surface area contributed by atoms with Crippen LogP contribution in [0, 0.1) is 5.92 Å². The maximum Gasteiger partial charge on any atom is 0.400 e. The Morgan fingerprint density at radius 3 is 2.38 bits per heavy atom. The van der Waals surface area contributed by atoms with Crippen molar-refractivity contribution < 1.29 is 23.1 Å².